The number of nitrogens with two attached hydrogens (primary N) is 4. The summed E-state index contributed by atoms with van der Waals surface area (Å²) in [4.78, 5) is 71.1. The number of H-pyrrole nitrogens is 1. The third kappa shape index (κ3) is 11.4. The average molecular weight is 527 g/mol. The molecule has 0 radical (unpaired) electrons. The molecule has 206 valence electrons. The molecule has 17 heteroatoms. The number of carboxylic acids is 1. The fourth-order valence-corrected chi connectivity index (χ4v) is 3.10. The number of hydrogen-bond acceptors (Lipinski definition) is 9. The number of hydrogen-bond donors (Lipinski definition) is 10. The summed E-state index contributed by atoms with van der Waals surface area (Å²) < 4.78 is 0. The van der Waals surface area contributed by atoms with Crippen LogP contribution in [-0.4, -0.2) is 92.6 Å². The highest BCUT2D eigenvalue weighted by atomic mass is 16.4. The second-order valence-electron chi connectivity index (χ2n) is 8.19. The van der Waals surface area contributed by atoms with Gasteiger partial charge in [0.15, 0.2) is 5.96 Å². The van der Waals surface area contributed by atoms with Gasteiger partial charge in [0.25, 0.3) is 0 Å². The monoisotopic (exact) mass is 526 g/mol. The van der Waals surface area contributed by atoms with Gasteiger partial charge in [-0.25, -0.2) is 9.78 Å². The van der Waals surface area contributed by atoms with Crippen LogP contribution < -0.4 is 38.9 Å². The predicted molar refractivity (Wildman–Crippen MR) is 129 cm³/mol. The SMILES string of the molecule is CC(O)C(NC(=O)C(CCCN=C(N)N)NC(=O)C(N)CC(N)=O)C(=O)NC(Cc1cnc[nH]1)C(=O)O. The molecule has 0 saturated carbocycles. The summed E-state index contributed by atoms with van der Waals surface area (Å²) in [6.45, 7) is 1.33. The molecule has 0 aliphatic heterocycles. The molecule has 5 unspecified atom stereocenters. The van der Waals surface area contributed by atoms with E-state index in [-0.39, 0.29) is 31.8 Å². The first-order valence-electron chi connectivity index (χ1n) is 11.2. The summed E-state index contributed by atoms with van der Waals surface area (Å²) in [6, 6.07) is -5.57. The van der Waals surface area contributed by atoms with Crippen LogP contribution in [0, 0.1) is 0 Å². The van der Waals surface area contributed by atoms with E-state index in [9.17, 15) is 34.2 Å². The first kappa shape index (κ1) is 30.8. The topological polar surface area (TPSA) is 307 Å². The minimum absolute atomic E-state index is 0.0105. The molecule has 4 amide bonds. The molecule has 0 aromatic carbocycles. The van der Waals surface area contributed by atoms with Gasteiger partial charge in [-0.3, -0.25) is 24.2 Å². The summed E-state index contributed by atoms with van der Waals surface area (Å²) >= 11 is 0. The summed E-state index contributed by atoms with van der Waals surface area (Å²) in [5, 5.41) is 26.5. The van der Waals surface area contributed by atoms with Crippen LogP contribution in [-0.2, 0) is 30.4 Å². The van der Waals surface area contributed by atoms with E-state index in [1.165, 1.54) is 19.4 Å². The van der Waals surface area contributed by atoms with Gasteiger partial charge in [0.05, 0.1) is 24.9 Å². The molecule has 1 aromatic heterocycles. The van der Waals surface area contributed by atoms with E-state index >= 15 is 0 Å². The Morgan fingerprint density at radius 1 is 1.05 bits per heavy atom. The second-order valence-corrected chi connectivity index (χ2v) is 8.19. The molecule has 1 heterocycles. The van der Waals surface area contributed by atoms with Gasteiger partial charge in [-0.2, -0.15) is 0 Å². The summed E-state index contributed by atoms with van der Waals surface area (Å²) in [7, 11) is 0. The van der Waals surface area contributed by atoms with Crippen molar-refractivity contribution in [3.05, 3.63) is 18.2 Å². The van der Waals surface area contributed by atoms with E-state index < -0.39 is 66.3 Å². The van der Waals surface area contributed by atoms with E-state index in [2.05, 4.69) is 30.9 Å². The van der Waals surface area contributed by atoms with Gasteiger partial charge in [-0.1, -0.05) is 0 Å². The van der Waals surface area contributed by atoms with Crippen LogP contribution in [0.25, 0.3) is 0 Å². The number of aliphatic carboxylic acids is 1. The maximum absolute atomic E-state index is 13.0. The van der Waals surface area contributed by atoms with Crippen molar-refractivity contribution in [3.63, 3.8) is 0 Å². The van der Waals surface area contributed by atoms with Crippen molar-refractivity contribution in [2.45, 2.75) is 62.9 Å². The number of carbonyl (C=O) groups excluding carboxylic acids is 4. The van der Waals surface area contributed by atoms with Gasteiger partial charge in [0, 0.05) is 24.9 Å². The third-order valence-electron chi connectivity index (χ3n) is 4.99. The van der Waals surface area contributed by atoms with Crippen molar-refractivity contribution in [1.29, 1.82) is 0 Å². The number of aliphatic hydroxyl groups excluding tert-OH is 1. The molecule has 37 heavy (non-hydrogen) atoms. The Morgan fingerprint density at radius 2 is 1.70 bits per heavy atom. The normalized spacial score (nSPS) is 14.8. The summed E-state index contributed by atoms with van der Waals surface area (Å²) in [5.41, 5.74) is 21.7. The Kier molecular flexibility index (Phi) is 12.5. The van der Waals surface area contributed by atoms with Gasteiger partial charge < -0.3 is 54.1 Å². The van der Waals surface area contributed by atoms with E-state index in [0.29, 0.717) is 5.69 Å². The standard InChI is InChI=1S/C20H34N10O7/c1-9(31)15(18(35)29-13(19(36)37)5-10-7-25-8-27-10)30-17(34)12(3-2-4-26-20(23)24)28-16(33)11(21)6-14(22)32/h7-9,11-13,15,31H,2-6,21H2,1H3,(H2,22,32)(H,25,27)(H,28,33)(H,29,35)(H,30,34)(H,36,37)(H4,23,24,26). The van der Waals surface area contributed by atoms with Crippen LogP contribution in [0.3, 0.4) is 0 Å². The number of imidazole rings is 1. The molecule has 17 nitrogen and oxygen atoms in total. The molecule has 5 atom stereocenters. The molecular formula is C20H34N10O7. The minimum atomic E-state index is -1.58. The van der Waals surface area contributed by atoms with Crippen LogP contribution in [0.15, 0.2) is 17.5 Å². The maximum atomic E-state index is 13.0. The van der Waals surface area contributed by atoms with E-state index in [1.54, 1.807) is 0 Å². The van der Waals surface area contributed by atoms with Crippen molar-refractivity contribution in [2.24, 2.45) is 27.9 Å². The highest BCUT2D eigenvalue weighted by molar-refractivity contribution is 5.95. The first-order chi connectivity index (χ1) is 17.3. The highest BCUT2D eigenvalue weighted by Crippen LogP contribution is 2.05. The molecule has 0 bridgehead atoms. The van der Waals surface area contributed by atoms with Gasteiger partial charge in [0.2, 0.25) is 23.6 Å². The van der Waals surface area contributed by atoms with Gasteiger partial charge in [-0.15, -0.1) is 0 Å². The summed E-state index contributed by atoms with van der Waals surface area (Å²) in [5.74, 6) is -5.08. The molecule has 0 saturated heterocycles. The molecule has 0 fully saturated rings. The van der Waals surface area contributed by atoms with Crippen LogP contribution >= 0.6 is 0 Å². The Balaban J connectivity index is 2.98. The number of guanidine groups is 1. The molecule has 0 spiro atoms. The zero-order chi connectivity index (χ0) is 28.1. The lowest BCUT2D eigenvalue weighted by Gasteiger charge is -2.26. The zero-order valence-electron chi connectivity index (χ0n) is 20.2. The number of aromatic nitrogens is 2. The lowest BCUT2D eigenvalue weighted by atomic mass is 10.1. The minimum Gasteiger partial charge on any atom is -0.480 e. The second kappa shape index (κ2) is 15.0. The zero-order valence-corrected chi connectivity index (χ0v) is 20.2. The Morgan fingerprint density at radius 3 is 2.22 bits per heavy atom. The number of primary amides is 1. The lowest BCUT2D eigenvalue weighted by Crippen LogP contribution is -2.60. The number of nitrogens with one attached hydrogen (secondary N) is 4. The van der Waals surface area contributed by atoms with Crippen LogP contribution in [0.2, 0.25) is 0 Å². The van der Waals surface area contributed by atoms with Gasteiger partial charge in [-0.05, 0) is 19.8 Å². The largest absolute Gasteiger partial charge is 0.480 e. The number of aromatic amines is 1. The Hall–Kier alpha value is -4.25. The maximum Gasteiger partial charge on any atom is 0.326 e. The molecule has 1 aromatic rings. The number of aliphatic imine (C=N–C) groups is 1. The van der Waals surface area contributed by atoms with Gasteiger partial charge in [0.1, 0.15) is 18.1 Å². The first-order valence-corrected chi connectivity index (χ1v) is 11.2. The molecular weight excluding hydrogens is 492 g/mol. The number of aliphatic hydroxyl groups is 1. The molecule has 0 aliphatic rings. The number of carboxylic acid groups (broad SMARTS) is 1. The van der Waals surface area contributed by atoms with Crippen LogP contribution in [0.4, 0.5) is 0 Å². The van der Waals surface area contributed by atoms with Crippen LogP contribution in [0.1, 0.15) is 31.9 Å². The number of amides is 4. The van der Waals surface area contributed by atoms with Gasteiger partial charge >= 0.3 is 5.97 Å². The fraction of sp³-hybridized carbons (Fsp3) is 0.550. The van der Waals surface area contributed by atoms with Crippen molar-refractivity contribution >= 4 is 35.6 Å². The number of carbonyl (C=O) groups is 5. The molecule has 0 aliphatic carbocycles. The number of rotatable bonds is 16. The number of nitrogens with zero attached hydrogens (tertiary/aromatic N) is 2. The quantitative estimate of drug-likeness (QED) is 0.0553. The molecule has 14 N–H and O–H groups in total. The third-order valence-corrected chi connectivity index (χ3v) is 4.99. The van der Waals surface area contributed by atoms with E-state index in [1.807, 2.05) is 0 Å². The molecule has 1 rings (SSSR count). The average Bonchev–Trinajstić information content (AvgIpc) is 3.30. The Bertz CT molecular complexity index is 963. The van der Waals surface area contributed by atoms with E-state index in [4.69, 9.17) is 22.9 Å². The van der Waals surface area contributed by atoms with Crippen molar-refractivity contribution in [3.8, 4) is 0 Å². The van der Waals surface area contributed by atoms with Crippen molar-refractivity contribution in [1.82, 2.24) is 25.9 Å². The summed E-state index contributed by atoms with van der Waals surface area (Å²) in [6.07, 6.45) is 0.880. The predicted octanol–water partition coefficient (Wildman–Crippen LogP) is -4.87. The van der Waals surface area contributed by atoms with E-state index in [0.717, 1.165) is 0 Å². The fourth-order valence-electron chi connectivity index (χ4n) is 3.10. The Labute approximate surface area is 211 Å². The van der Waals surface area contributed by atoms with Crippen molar-refractivity contribution in [2.75, 3.05) is 6.54 Å². The van der Waals surface area contributed by atoms with Crippen LogP contribution in [0.5, 0.6) is 0 Å². The van der Waals surface area contributed by atoms with Crippen molar-refractivity contribution < 1.29 is 34.2 Å². The lowest BCUT2D eigenvalue weighted by molar-refractivity contribution is -0.143. The highest BCUT2D eigenvalue weighted by Gasteiger charge is 2.33. The smallest absolute Gasteiger partial charge is 0.326 e.